The maximum atomic E-state index is 0. The molecule has 0 spiro atoms. The SMILES string of the molecule is [Ba+2].[Ba+2].[Cu+2].[Cu+2].[O-2].[O-2].[O-2].[O-2].[O-2].[O-2].[O-2].[Pm].[Pm]. The van der Waals surface area contributed by atoms with Crippen LogP contribution in [-0.2, 0) is 72.5 Å². The Bertz CT molecular complexity index is 22.5. The van der Waals surface area contributed by atoms with Gasteiger partial charge in [0, 0.05) is 80.8 Å². The van der Waals surface area contributed by atoms with Gasteiger partial charge in [0.2, 0.25) is 0 Å². The summed E-state index contributed by atoms with van der Waals surface area (Å²) in [4.78, 5) is 0. The molecule has 0 aliphatic rings. The van der Waals surface area contributed by atoms with Crippen LogP contribution in [0.4, 0.5) is 0 Å². The second-order valence-electron chi connectivity index (χ2n) is 0. The van der Waals surface area contributed by atoms with E-state index >= 15 is 0 Å². The van der Waals surface area contributed by atoms with Gasteiger partial charge >= 0.3 is 132 Å². The van der Waals surface area contributed by atoms with E-state index in [-0.39, 0.29) is 251 Å². The Balaban J connectivity index is 0. The molecule has 0 aliphatic heterocycles. The first kappa shape index (κ1) is 156. The first-order valence-corrected chi connectivity index (χ1v) is 0. The first-order valence-electron chi connectivity index (χ1n) is 0. The van der Waals surface area contributed by atoms with Crippen LogP contribution in [-0.4, -0.2) is 97.8 Å². The summed E-state index contributed by atoms with van der Waals surface area (Å²) >= 11 is 0. The zero-order valence-corrected chi connectivity index (χ0v) is 22.3. The minimum Gasteiger partial charge on any atom is -2.00 e. The van der Waals surface area contributed by atoms with E-state index in [9.17, 15) is 0 Å². The largest absolute Gasteiger partial charge is 2.00 e. The molecular weight excluding hydrogens is 804 g/mol. The van der Waals surface area contributed by atoms with Gasteiger partial charge in [0.15, 0.2) is 0 Å². The molecule has 0 heterocycles. The molecule has 0 unspecified atom stereocenters. The maximum absolute atomic E-state index is 0. The average molecular weight is 804 g/mol. The van der Waals surface area contributed by atoms with Crippen molar-refractivity contribution in [3.8, 4) is 0 Å². The van der Waals surface area contributed by atoms with Crippen LogP contribution in [0.1, 0.15) is 0 Å². The van der Waals surface area contributed by atoms with E-state index in [1.54, 1.807) is 0 Å². The van der Waals surface area contributed by atoms with Gasteiger partial charge in [-0.25, -0.2) is 0 Å². The molecule has 0 N–H and O–H groups in total. The van der Waals surface area contributed by atoms with Gasteiger partial charge in [0.05, 0.1) is 0 Å². The van der Waals surface area contributed by atoms with Crippen LogP contribution in [0.2, 0.25) is 0 Å². The van der Waals surface area contributed by atoms with Gasteiger partial charge < -0.3 is 38.3 Å². The van der Waals surface area contributed by atoms with Crippen molar-refractivity contribution in [1.82, 2.24) is 0 Å². The summed E-state index contributed by atoms with van der Waals surface area (Å²) in [7, 11) is 0. The van der Waals surface area contributed by atoms with Gasteiger partial charge in [-0.15, -0.1) is 0 Å². The van der Waals surface area contributed by atoms with Crippen molar-refractivity contribution in [1.29, 1.82) is 0 Å². The van der Waals surface area contributed by atoms with Gasteiger partial charge in [-0.05, 0) is 0 Å². The molecule has 0 aliphatic carbocycles. The Kier molecular flexibility index (Phi) is 1590. The fraction of sp³-hybridized carbons (Fsp3) is 0. The number of hydrogen-bond acceptors (Lipinski definition) is 0. The van der Waals surface area contributed by atoms with Crippen molar-refractivity contribution in [3.63, 3.8) is 0 Å². The standard InChI is InChI=1S/2Ba.2Cu.7O.2Pm/q4*+2;7*-2;;. The molecule has 0 saturated carbocycles. The average Bonchev–Trinajstić information content (AvgIpc) is 0. The van der Waals surface area contributed by atoms with Crippen molar-refractivity contribution >= 4 is 97.8 Å². The fourth-order valence-corrected chi connectivity index (χ4v) is 0. The molecule has 0 atom stereocenters. The van der Waals surface area contributed by atoms with Gasteiger partial charge in [0.1, 0.15) is 0 Å². The molecule has 0 aromatic heterocycles. The normalized spacial score (nSPS) is 0. The predicted molar refractivity (Wildman–Crippen MR) is 16.3 cm³/mol. The summed E-state index contributed by atoms with van der Waals surface area (Å²) in [6.45, 7) is 0. The van der Waals surface area contributed by atoms with Crippen LogP contribution in [0.15, 0.2) is 0 Å². The van der Waals surface area contributed by atoms with E-state index in [1.165, 1.54) is 0 Å². The van der Waals surface area contributed by atoms with Crippen molar-refractivity contribution in [2.24, 2.45) is 0 Å². The van der Waals surface area contributed by atoms with Crippen molar-refractivity contribution in [2.75, 3.05) is 0 Å². The van der Waals surface area contributed by atoms with Crippen LogP contribution in [0, 0.1) is 80.8 Å². The van der Waals surface area contributed by atoms with E-state index in [0.29, 0.717) is 0 Å². The topological polar surface area (TPSA) is 200 Å². The molecule has 0 fully saturated rings. The summed E-state index contributed by atoms with van der Waals surface area (Å²) < 4.78 is 0. The van der Waals surface area contributed by atoms with Gasteiger partial charge in [-0.1, -0.05) is 0 Å². The summed E-state index contributed by atoms with van der Waals surface area (Å²) in [5, 5.41) is 0. The smallest absolute Gasteiger partial charge is 2.00 e. The zero-order chi connectivity index (χ0) is 0. The number of hydrogen-bond donors (Lipinski definition) is 0. The zero-order valence-electron chi connectivity index (χ0n) is 5.77. The monoisotopic (exact) mass is 803 g/mol. The molecule has 0 amide bonds. The third kappa shape index (κ3) is 118. The maximum Gasteiger partial charge on any atom is 2.00 e. The Hall–Kier alpha value is 6.58. The predicted octanol–water partition coefficient (Wildman–Crippen LogP) is -1.60. The van der Waals surface area contributed by atoms with Gasteiger partial charge in [-0.3, -0.25) is 0 Å². The summed E-state index contributed by atoms with van der Waals surface area (Å²) in [6, 6.07) is 0. The molecule has 13 heavy (non-hydrogen) atoms. The van der Waals surface area contributed by atoms with Crippen molar-refractivity contribution in [2.45, 2.75) is 0 Å². The molecular formula is Ba2Cu2O7Pm2-6. The molecule has 84 valence electrons. The molecule has 7 nitrogen and oxygen atoms in total. The molecule has 4 radical (unpaired) electrons. The molecule has 0 bridgehead atoms. The van der Waals surface area contributed by atoms with Crippen molar-refractivity contribution in [3.05, 3.63) is 0 Å². The van der Waals surface area contributed by atoms with E-state index < -0.39 is 0 Å². The van der Waals surface area contributed by atoms with Gasteiger partial charge in [0.25, 0.3) is 0 Å². The van der Waals surface area contributed by atoms with E-state index in [4.69, 9.17) is 0 Å². The Morgan fingerprint density at radius 3 is 0.308 bits per heavy atom. The van der Waals surface area contributed by atoms with Crippen LogP contribution in [0.5, 0.6) is 0 Å². The molecule has 0 aromatic carbocycles. The Morgan fingerprint density at radius 2 is 0.308 bits per heavy atom. The van der Waals surface area contributed by atoms with Crippen LogP contribution in [0.3, 0.4) is 0 Å². The Morgan fingerprint density at radius 1 is 0.308 bits per heavy atom. The quantitative estimate of drug-likeness (QED) is 0.255. The molecule has 0 rings (SSSR count). The molecule has 0 aromatic rings. The van der Waals surface area contributed by atoms with Crippen LogP contribution in [0.25, 0.3) is 0 Å². The van der Waals surface area contributed by atoms with Gasteiger partial charge in [-0.2, -0.15) is 0 Å². The number of rotatable bonds is 0. The first-order chi connectivity index (χ1) is 0. The fourth-order valence-electron chi connectivity index (χ4n) is 0. The molecule has 13 heteroatoms. The van der Waals surface area contributed by atoms with E-state index in [2.05, 4.69) is 0 Å². The summed E-state index contributed by atoms with van der Waals surface area (Å²) in [5.41, 5.74) is 0. The minimum absolute atomic E-state index is 0. The van der Waals surface area contributed by atoms with E-state index in [0.717, 1.165) is 0 Å². The second-order valence-corrected chi connectivity index (χ2v) is 0. The third-order valence-corrected chi connectivity index (χ3v) is 0. The summed E-state index contributed by atoms with van der Waals surface area (Å²) in [6.07, 6.45) is 0. The summed E-state index contributed by atoms with van der Waals surface area (Å²) in [5.74, 6) is 0. The third-order valence-electron chi connectivity index (χ3n) is 0. The van der Waals surface area contributed by atoms with Crippen LogP contribution >= 0.6 is 0 Å². The second kappa shape index (κ2) is 133. The van der Waals surface area contributed by atoms with Crippen LogP contribution < -0.4 is 0 Å². The molecule has 0 saturated heterocycles. The van der Waals surface area contributed by atoms with E-state index in [1.807, 2.05) is 0 Å². The Labute approximate surface area is 243 Å². The minimum atomic E-state index is 0. The van der Waals surface area contributed by atoms with Crippen molar-refractivity contribution < 1.29 is 153 Å².